The number of rotatable bonds is 1. The van der Waals surface area contributed by atoms with Crippen LogP contribution in [-0.2, 0) is 11.1 Å². The number of hydrogen-bond donors (Lipinski definition) is 1. The van der Waals surface area contributed by atoms with Gasteiger partial charge in [0.2, 0.25) is 0 Å². The summed E-state index contributed by atoms with van der Waals surface area (Å²) in [5.74, 6) is 0. The maximum Gasteiger partial charge on any atom is 0.186 e. The summed E-state index contributed by atoms with van der Waals surface area (Å²) in [4.78, 5) is 0.339. The van der Waals surface area contributed by atoms with E-state index >= 15 is 0 Å². The zero-order chi connectivity index (χ0) is 8.43. The fourth-order valence-electron chi connectivity index (χ4n) is 0.616. The van der Waals surface area contributed by atoms with E-state index in [1.54, 1.807) is 6.07 Å². The second-order valence-corrected chi connectivity index (χ2v) is 3.76. The summed E-state index contributed by atoms with van der Waals surface area (Å²) in [6.45, 7) is 0. The standard InChI is InChI=1S/C6H4BBrO2S/c7-5-2-1-4(11(9)10)3-6(5)8/h1-3H,(H,9,10). The van der Waals surface area contributed by atoms with Crippen molar-refractivity contribution in [2.24, 2.45) is 0 Å². The van der Waals surface area contributed by atoms with Crippen molar-refractivity contribution >= 4 is 40.3 Å². The van der Waals surface area contributed by atoms with Crippen molar-refractivity contribution in [1.82, 2.24) is 0 Å². The Bertz CT molecular complexity index is 303. The van der Waals surface area contributed by atoms with Crippen LogP contribution in [-0.4, -0.2) is 16.6 Å². The van der Waals surface area contributed by atoms with E-state index in [9.17, 15) is 4.21 Å². The molecule has 0 aromatic heterocycles. The molecule has 0 heterocycles. The second-order valence-electron chi connectivity index (χ2n) is 1.93. The summed E-state index contributed by atoms with van der Waals surface area (Å²) in [5, 5.41) is 0. The molecule has 0 saturated heterocycles. The van der Waals surface area contributed by atoms with Gasteiger partial charge in [0.15, 0.2) is 11.1 Å². The summed E-state index contributed by atoms with van der Waals surface area (Å²) in [6.07, 6.45) is 0. The van der Waals surface area contributed by atoms with Crippen molar-refractivity contribution in [3.05, 3.63) is 22.7 Å². The van der Waals surface area contributed by atoms with E-state index in [0.717, 1.165) is 0 Å². The highest BCUT2D eigenvalue weighted by molar-refractivity contribution is 9.10. The highest BCUT2D eigenvalue weighted by Crippen LogP contribution is 2.10. The molecular formula is C6H4BBrO2S. The molecular weight excluding hydrogens is 227 g/mol. The molecule has 0 aliphatic carbocycles. The molecule has 56 valence electrons. The van der Waals surface area contributed by atoms with E-state index in [-0.39, 0.29) is 0 Å². The van der Waals surface area contributed by atoms with Gasteiger partial charge in [0.05, 0.1) is 4.90 Å². The Morgan fingerprint density at radius 1 is 1.55 bits per heavy atom. The van der Waals surface area contributed by atoms with Crippen molar-refractivity contribution in [3.63, 3.8) is 0 Å². The van der Waals surface area contributed by atoms with Gasteiger partial charge in [-0.2, -0.15) is 0 Å². The molecule has 1 aromatic rings. The topological polar surface area (TPSA) is 37.3 Å². The van der Waals surface area contributed by atoms with Gasteiger partial charge in [-0.3, -0.25) is 0 Å². The molecule has 0 aliphatic rings. The van der Waals surface area contributed by atoms with Crippen molar-refractivity contribution in [3.8, 4) is 0 Å². The fraction of sp³-hybridized carbons (Fsp3) is 0. The van der Waals surface area contributed by atoms with Crippen molar-refractivity contribution in [2.75, 3.05) is 0 Å². The van der Waals surface area contributed by atoms with Crippen LogP contribution in [0.1, 0.15) is 0 Å². The van der Waals surface area contributed by atoms with Gasteiger partial charge < -0.3 is 4.55 Å². The van der Waals surface area contributed by atoms with Crippen LogP contribution in [0.25, 0.3) is 0 Å². The van der Waals surface area contributed by atoms with E-state index in [1.165, 1.54) is 12.1 Å². The molecule has 1 rings (SSSR count). The van der Waals surface area contributed by atoms with E-state index in [4.69, 9.17) is 12.4 Å². The SMILES string of the molecule is [B]c1ccc(S(=O)O)cc1Br. The summed E-state index contributed by atoms with van der Waals surface area (Å²) in [7, 11) is 5.46. The number of benzene rings is 1. The molecule has 2 radical (unpaired) electrons. The summed E-state index contributed by atoms with van der Waals surface area (Å²) >= 11 is 1.21. The highest BCUT2D eigenvalue weighted by atomic mass is 79.9. The van der Waals surface area contributed by atoms with Crippen LogP contribution in [0.2, 0.25) is 0 Å². The highest BCUT2D eigenvalue weighted by Gasteiger charge is 2.00. The first-order chi connectivity index (χ1) is 5.11. The molecule has 0 spiro atoms. The first kappa shape index (κ1) is 8.97. The van der Waals surface area contributed by atoms with Gasteiger partial charge in [0, 0.05) is 4.47 Å². The van der Waals surface area contributed by atoms with Crippen LogP contribution in [0.4, 0.5) is 0 Å². The molecule has 5 heteroatoms. The minimum atomic E-state index is -1.93. The zero-order valence-electron chi connectivity index (χ0n) is 5.45. The minimum Gasteiger partial charge on any atom is -0.302 e. The van der Waals surface area contributed by atoms with Crippen LogP contribution in [0.3, 0.4) is 0 Å². The molecule has 11 heavy (non-hydrogen) atoms. The van der Waals surface area contributed by atoms with E-state index < -0.39 is 11.1 Å². The Morgan fingerprint density at radius 2 is 2.18 bits per heavy atom. The van der Waals surface area contributed by atoms with Gasteiger partial charge in [-0.25, -0.2) is 4.21 Å². The molecule has 0 saturated carbocycles. The van der Waals surface area contributed by atoms with Gasteiger partial charge in [0.25, 0.3) is 0 Å². The number of hydrogen-bond acceptors (Lipinski definition) is 1. The monoisotopic (exact) mass is 230 g/mol. The minimum absolute atomic E-state index is 0.339. The van der Waals surface area contributed by atoms with Crippen LogP contribution in [0.5, 0.6) is 0 Å². The second kappa shape index (κ2) is 3.52. The summed E-state index contributed by atoms with van der Waals surface area (Å²) in [6, 6.07) is 4.61. The Morgan fingerprint density at radius 3 is 2.64 bits per heavy atom. The average Bonchev–Trinajstić information content (AvgIpc) is 1.94. The third-order valence-corrected chi connectivity index (χ3v) is 2.52. The Kier molecular flexibility index (Phi) is 2.87. The lowest BCUT2D eigenvalue weighted by molar-refractivity contribution is 0.564. The van der Waals surface area contributed by atoms with Gasteiger partial charge in [-0.1, -0.05) is 27.5 Å². The molecule has 2 nitrogen and oxygen atoms in total. The zero-order valence-corrected chi connectivity index (χ0v) is 7.85. The maximum atomic E-state index is 10.5. The van der Waals surface area contributed by atoms with Crippen LogP contribution < -0.4 is 5.46 Å². The van der Waals surface area contributed by atoms with E-state index in [1.807, 2.05) is 0 Å². The Labute approximate surface area is 76.8 Å². The molecule has 1 atom stereocenters. The lowest BCUT2D eigenvalue weighted by atomic mass is 9.97. The van der Waals surface area contributed by atoms with E-state index in [0.29, 0.717) is 14.8 Å². The Hall–Kier alpha value is -0.125. The first-order valence-corrected chi connectivity index (χ1v) is 4.67. The largest absolute Gasteiger partial charge is 0.302 e. The first-order valence-electron chi connectivity index (χ1n) is 2.77. The van der Waals surface area contributed by atoms with Gasteiger partial charge in [-0.05, 0) is 12.1 Å². The summed E-state index contributed by atoms with van der Waals surface area (Å²) in [5.41, 5.74) is 0.555. The fourth-order valence-corrected chi connectivity index (χ4v) is 1.55. The van der Waals surface area contributed by atoms with Gasteiger partial charge in [0.1, 0.15) is 7.85 Å². The van der Waals surface area contributed by atoms with E-state index in [2.05, 4.69) is 15.9 Å². The third kappa shape index (κ3) is 2.15. The van der Waals surface area contributed by atoms with Crippen molar-refractivity contribution in [2.45, 2.75) is 4.90 Å². The Balaban J connectivity index is 3.15. The normalized spacial score (nSPS) is 12.9. The van der Waals surface area contributed by atoms with Crippen LogP contribution in [0.15, 0.2) is 27.6 Å². The summed E-state index contributed by atoms with van der Waals surface area (Å²) < 4.78 is 19.8. The molecule has 0 aliphatic heterocycles. The molecule has 0 bridgehead atoms. The lowest BCUT2D eigenvalue weighted by Crippen LogP contribution is -2.04. The quantitative estimate of drug-likeness (QED) is 0.573. The van der Waals surface area contributed by atoms with Crippen molar-refractivity contribution in [1.29, 1.82) is 0 Å². The smallest absolute Gasteiger partial charge is 0.186 e. The third-order valence-electron chi connectivity index (χ3n) is 1.17. The molecule has 0 amide bonds. The predicted molar refractivity (Wildman–Crippen MR) is 48.6 cm³/mol. The molecule has 0 fully saturated rings. The average molecular weight is 231 g/mol. The molecule has 1 unspecified atom stereocenters. The van der Waals surface area contributed by atoms with Gasteiger partial charge >= 0.3 is 0 Å². The predicted octanol–water partition coefficient (Wildman–Crippen LogP) is 0.824. The number of halogens is 1. The van der Waals surface area contributed by atoms with Crippen molar-refractivity contribution < 1.29 is 8.76 Å². The van der Waals surface area contributed by atoms with Crippen LogP contribution >= 0.6 is 15.9 Å². The maximum absolute atomic E-state index is 10.5. The molecule has 1 aromatic carbocycles. The molecule has 1 N–H and O–H groups in total. The van der Waals surface area contributed by atoms with Crippen LogP contribution in [0, 0.1) is 0 Å². The van der Waals surface area contributed by atoms with Gasteiger partial charge in [-0.15, -0.1) is 0 Å². The lowest BCUT2D eigenvalue weighted by Gasteiger charge is -1.99.